The van der Waals surface area contributed by atoms with E-state index in [1.807, 2.05) is 54.6 Å². The van der Waals surface area contributed by atoms with Crippen molar-refractivity contribution in [1.82, 2.24) is 16.0 Å². The first kappa shape index (κ1) is 39.0. The normalized spacial score (nSPS) is 13.1. The molecule has 3 amide bonds. The third-order valence-corrected chi connectivity index (χ3v) is 19.0. The topological polar surface area (TPSA) is 166 Å². The van der Waals surface area contributed by atoms with Crippen LogP contribution in [0.4, 0.5) is 0 Å². The number of carbonyl (C=O) groups is 5. The van der Waals surface area contributed by atoms with E-state index in [4.69, 9.17) is 5.73 Å². The number of hydrogen-bond donors (Lipinski definition) is 4. The molecule has 5 N–H and O–H groups in total. The molecule has 0 aliphatic rings. The van der Waals surface area contributed by atoms with Crippen LogP contribution in [0.5, 0.6) is 0 Å². The van der Waals surface area contributed by atoms with Gasteiger partial charge in [-0.15, -0.1) is 0 Å². The van der Waals surface area contributed by atoms with Gasteiger partial charge >= 0.3 is 253 Å². The van der Waals surface area contributed by atoms with E-state index < -0.39 is 41.1 Å². The van der Waals surface area contributed by atoms with Crippen molar-refractivity contribution in [2.75, 3.05) is 38.6 Å². The number of halogens is 1. The average Bonchev–Trinajstić information content (AvgIpc) is 3.13. The fourth-order valence-electron chi connectivity index (χ4n) is 4.80. The van der Waals surface area contributed by atoms with Crippen LogP contribution >= 0.6 is 42.4 Å². The molecule has 0 saturated heterocycles. The molecule has 0 aliphatic carbocycles. The van der Waals surface area contributed by atoms with E-state index in [1.165, 1.54) is 35.8 Å². The zero-order valence-corrected chi connectivity index (χ0v) is 30.7. The molecule has 2 atom stereocenters. The predicted octanol–water partition coefficient (Wildman–Crippen LogP) is 2.34. The molecule has 0 heterocycles. The van der Waals surface area contributed by atoms with E-state index >= 15 is 0 Å². The molecule has 3 aromatic carbocycles. The smallest absolute Gasteiger partial charge is 0.468 e. The van der Waals surface area contributed by atoms with Crippen molar-refractivity contribution in [3.63, 3.8) is 0 Å². The van der Waals surface area contributed by atoms with Crippen LogP contribution in [0.2, 0.25) is 0 Å². The monoisotopic (exact) mass is 778 g/mol. The Bertz CT molecular complexity index is 1440. The molecule has 3 rings (SSSR count). The molecule has 0 aliphatic heterocycles. The van der Waals surface area contributed by atoms with Crippen molar-refractivity contribution in [1.29, 1.82) is 0 Å². The van der Waals surface area contributed by atoms with Gasteiger partial charge in [-0.2, -0.15) is 0 Å². The molecule has 0 saturated carbocycles. The Morgan fingerprint density at radius 2 is 1.29 bits per heavy atom. The minimum atomic E-state index is -3.36. The summed E-state index contributed by atoms with van der Waals surface area (Å²) < 4.78 is 9.15. The summed E-state index contributed by atoms with van der Waals surface area (Å²) in [4.78, 5) is 61.9. The van der Waals surface area contributed by atoms with Gasteiger partial charge in [0.05, 0.1) is 14.2 Å². The first-order valence-electron chi connectivity index (χ1n) is 14.9. The number of ether oxygens (including phenoxy) is 2. The summed E-state index contributed by atoms with van der Waals surface area (Å²) in [7, 11) is 4.84. The third kappa shape index (κ3) is 10.3. The minimum absolute atomic E-state index is 0.0185. The van der Waals surface area contributed by atoms with Gasteiger partial charge in [-0.05, 0) is 0 Å². The van der Waals surface area contributed by atoms with E-state index in [0.717, 1.165) is 15.9 Å². The third-order valence-electron chi connectivity index (χ3n) is 7.44. The first-order chi connectivity index (χ1) is 23.0. The van der Waals surface area contributed by atoms with E-state index in [2.05, 4.69) is 77.3 Å². The fourth-order valence-corrected chi connectivity index (χ4v) is 13.6. The van der Waals surface area contributed by atoms with Crippen molar-refractivity contribution in [3.05, 3.63) is 91.0 Å². The van der Waals surface area contributed by atoms with Crippen molar-refractivity contribution < 1.29 is 33.4 Å². The van der Waals surface area contributed by atoms with Crippen LogP contribution in [0.15, 0.2) is 91.0 Å². The molecule has 0 bridgehead atoms. The van der Waals surface area contributed by atoms with Crippen LogP contribution in [-0.2, 0) is 33.4 Å². The van der Waals surface area contributed by atoms with Gasteiger partial charge in [0.15, 0.2) is 0 Å². The molecular formula is C33H40BrN4O7PS2. The maximum absolute atomic E-state index is 13.3. The molecule has 15 heteroatoms. The van der Waals surface area contributed by atoms with Crippen molar-refractivity contribution in [2.45, 2.75) is 24.9 Å². The predicted molar refractivity (Wildman–Crippen MR) is 198 cm³/mol. The number of amides is 3. The second-order valence-electron chi connectivity index (χ2n) is 10.6. The second kappa shape index (κ2) is 18.9. The van der Waals surface area contributed by atoms with E-state index in [0.29, 0.717) is 6.29 Å². The Labute approximate surface area is 296 Å². The number of methoxy groups -OCH3 is 2. The summed E-state index contributed by atoms with van der Waals surface area (Å²) in [5.74, 6) is -2.47. The summed E-state index contributed by atoms with van der Waals surface area (Å²) >= 11 is 4.30. The summed E-state index contributed by atoms with van der Waals surface area (Å²) in [6.07, 6.45) is 0.209. The number of carbonyl (C=O) groups excluding carboxylic acids is 5. The molecule has 0 fully saturated rings. The molecule has 0 spiro atoms. The molecule has 2 unspecified atom stereocenters. The number of nitrogens with two attached hydrogens (primary N) is 1. The zero-order chi connectivity index (χ0) is 35.0. The Morgan fingerprint density at radius 3 is 1.77 bits per heavy atom. The molecule has 3 aromatic rings. The summed E-state index contributed by atoms with van der Waals surface area (Å²) in [6.45, 7) is -0.377. The van der Waals surface area contributed by atoms with Crippen LogP contribution in [0.1, 0.15) is 12.8 Å². The van der Waals surface area contributed by atoms with Crippen molar-refractivity contribution in [3.8, 4) is 0 Å². The fraction of sp³-hybridized carbons (Fsp3) is 0.303. The number of hydrogen-bond acceptors (Lipinski definition) is 10. The van der Waals surface area contributed by atoms with Crippen LogP contribution in [0.25, 0.3) is 0 Å². The van der Waals surface area contributed by atoms with Crippen molar-refractivity contribution in [2.24, 2.45) is 5.73 Å². The van der Waals surface area contributed by atoms with Gasteiger partial charge in [0.1, 0.15) is 6.04 Å². The van der Waals surface area contributed by atoms with Gasteiger partial charge in [-0.25, -0.2) is 0 Å². The molecular weight excluding hydrogens is 739 g/mol. The van der Waals surface area contributed by atoms with Gasteiger partial charge in [-0.3, -0.25) is 9.59 Å². The number of rotatable bonds is 18. The maximum atomic E-state index is 13.3. The number of nitrogens with one attached hydrogen (secondary N) is 3. The first-order valence-corrected chi connectivity index (χ1v) is 21.8. The van der Waals surface area contributed by atoms with Crippen LogP contribution < -0.4 is 37.6 Å². The Morgan fingerprint density at radius 1 is 0.771 bits per heavy atom. The molecule has 0 aromatic heterocycles. The second-order valence-corrected chi connectivity index (χ2v) is 22.0. The van der Waals surface area contributed by atoms with Crippen molar-refractivity contribution >= 4 is 88.0 Å². The summed E-state index contributed by atoms with van der Waals surface area (Å²) in [6, 6.07) is 28.3. The Hall–Kier alpha value is -3.42. The standard InChI is InChI=1S/C33H40BrN4O7PS2/c1-44-31(41)20-36-32(42)28(38-29(39)19-18-27(35)33(43)45-2)21-47-48-22-30(40)37-23-46(34,24-12-6-3-7-13-24,25-14-8-4-9-15-25)26-16-10-5-11-17-26/h3-17,27-28H,18-23,35H2,1-2H3,(H,36,42)(H,37,40)(H,38,39). The van der Waals surface area contributed by atoms with Crippen LogP contribution in [0, 0.1) is 0 Å². The number of benzene rings is 3. The SMILES string of the molecule is COC(=O)CNC(=O)C(CSSCC(=O)NCP(Br)(c1ccccc1)(c1ccccc1)c1ccccc1)NC(=O)CCC(N)C(=O)OC. The van der Waals surface area contributed by atoms with E-state index in [9.17, 15) is 24.0 Å². The molecule has 48 heavy (non-hydrogen) atoms. The molecule has 0 radical (unpaired) electrons. The van der Waals surface area contributed by atoms with Gasteiger partial charge in [0, 0.05) is 0 Å². The van der Waals surface area contributed by atoms with Gasteiger partial charge < -0.3 is 15.2 Å². The summed E-state index contributed by atoms with van der Waals surface area (Å²) in [5.41, 5.74) is 5.72. The minimum Gasteiger partial charge on any atom is -0.468 e. The summed E-state index contributed by atoms with van der Waals surface area (Å²) in [5, 5.41) is 8.05. The van der Waals surface area contributed by atoms with Gasteiger partial charge in [0.2, 0.25) is 0 Å². The van der Waals surface area contributed by atoms with Gasteiger partial charge in [0.25, 0.3) is 0 Å². The zero-order valence-electron chi connectivity index (χ0n) is 26.6. The van der Waals surface area contributed by atoms with Gasteiger partial charge in [-0.1, -0.05) is 0 Å². The van der Waals surface area contributed by atoms with E-state index in [-0.39, 0.29) is 36.8 Å². The average molecular weight is 780 g/mol. The quantitative estimate of drug-likeness (QED) is 0.0652. The molecule has 11 nitrogen and oxygen atoms in total. The Kier molecular flexibility index (Phi) is 15.4. The Balaban J connectivity index is 1.69. The van der Waals surface area contributed by atoms with E-state index in [1.54, 1.807) is 0 Å². The van der Waals surface area contributed by atoms with Crippen LogP contribution in [-0.4, -0.2) is 80.3 Å². The molecule has 258 valence electrons. The van der Waals surface area contributed by atoms with Crippen LogP contribution in [0.3, 0.4) is 0 Å². The number of esters is 2.